The van der Waals surface area contributed by atoms with Gasteiger partial charge in [0.1, 0.15) is 5.75 Å². The SMILES string of the molecule is CO[C@]12CC[C@H](N(C)C(=O)c3ccc4ccccc4c3)C[C@]1(c1cccc(O)c1)CCN(CC1CC1)C2. The van der Waals surface area contributed by atoms with Gasteiger partial charge < -0.3 is 19.6 Å². The number of carbonyl (C=O) groups excluding carboxylic acids is 1. The Morgan fingerprint density at radius 3 is 2.59 bits per heavy atom. The fourth-order valence-corrected chi connectivity index (χ4v) is 7.21. The lowest BCUT2D eigenvalue weighted by atomic mass is 9.55. The highest BCUT2D eigenvalue weighted by atomic mass is 16.5. The molecule has 6 rings (SSSR count). The number of benzene rings is 3. The monoisotopic (exact) mass is 498 g/mol. The van der Waals surface area contributed by atoms with E-state index in [0.717, 1.165) is 73.1 Å². The van der Waals surface area contributed by atoms with Crippen LogP contribution in [0.3, 0.4) is 0 Å². The summed E-state index contributed by atoms with van der Waals surface area (Å²) in [4.78, 5) is 18.3. The number of amides is 1. The average molecular weight is 499 g/mol. The predicted octanol–water partition coefficient (Wildman–Crippen LogP) is 5.61. The van der Waals surface area contributed by atoms with E-state index < -0.39 is 0 Å². The lowest BCUT2D eigenvalue weighted by molar-refractivity contribution is -0.153. The number of piperidine rings is 1. The van der Waals surface area contributed by atoms with Crippen LogP contribution < -0.4 is 0 Å². The molecule has 0 spiro atoms. The lowest BCUT2D eigenvalue weighted by Gasteiger charge is -2.60. The van der Waals surface area contributed by atoms with E-state index >= 15 is 0 Å². The highest BCUT2D eigenvalue weighted by molar-refractivity contribution is 5.98. The molecule has 1 heterocycles. The van der Waals surface area contributed by atoms with Gasteiger partial charge in [-0.05, 0) is 91.6 Å². The Balaban J connectivity index is 1.32. The normalized spacial score (nSPS) is 28.1. The lowest BCUT2D eigenvalue weighted by Crippen LogP contribution is -2.68. The molecule has 2 saturated carbocycles. The Morgan fingerprint density at radius 1 is 1.03 bits per heavy atom. The summed E-state index contributed by atoms with van der Waals surface area (Å²) in [7, 11) is 3.82. The second-order valence-electron chi connectivity index (χ2n) is 11.6. The molecule has 5 nitrogen and oxygen atoms in total. The van der Waals surface area contributed by atoms with Gasteiger partial charge in [-0.1, -0.05) is 42.5 Å². The first-order chi connectivity index (χ1) is 17.9. The van der Waals surface area contributed by atoms with Crippen molar-refractivity contribution < 1.29 is 14.6 Å². The Kier molecular flexibility index (Phi) is 6.24. The number of ether oxygens (including phenoxy) is 1. The molecule has 0 aromatic heterocycles. The van der Waals surface area contributed by atoms with Crippen molar-refractivity contribution in [1.82, 2.24) is 9.80 Å². The average Bonchev–Trinajstić information content (AvgIpc) is 3.75. The number of methoxy groups -OCH3 is 1. The highest BCUT2D eigenvalue weighted by Crippen LogP contribution is 2.54. The summed E-state index contributed by atoms with van der Waals surface area (Å²) in [5, 5.41) is 12.7. The minimum atomic E-state index is -0.336. The number of rotatable bonds is 6. The third-order valence-electron chi connectivity index (χ3n) is 9.54. The van der Waals surface area contributed by atoms with E-state index in [1.54, 1.807) is 6.07 Å². The molecule has 0 radical (unpaired) electrons. The summed E-state index contributed by atoms with van der Waals surface area (Å²) in [5.41, 5.74) is 1.27. The fourth-order valence-electron chi connectivity index (χ4n) is 7.21. The van der Waals surface area contributed by atoms with E-state index in [-0.39, 0.29) is 23.0 Å². The largest absolute Gasteiger partial charge is 0.508 e. The van der Waals surface area contributed by atoms with Crippen LogP contribution in [0, 0.1) is 5.92 Å². The third kappa shape index (κ3) is 4.32. The molecule has 2 aliphatic carbocycles. The number of phenols is 1. The van der Waals surface area contributed by atoms with E-state index in [2.05, 4.69) is 23.1 Å². The van der Waals surface area contributed by atoms with Gasteiger partial charge in [-0.25, -0.2) is 0 Å². The Morgan fingerprint density at radius 2 is 1.84 bits per heavy atom. The molecule has 37 heavy (non-hydrogen) atoms. The second kappa shape index (κ2) is 9.45. The van der Waals surface area contributed by atoms with Crippen molar-refractivity contribution in [2.45, 2.75) is 55.6 Å². The van der Waals surface area contributed by atoms with E-state index in [1.165, 1.54) is 12.8 Å². The smallest absolute Gasteiger partial charge is 0.253 e. The maximum absolute atomic E-state index is 13.7. The molecule has 1 N–H and O–H groups in total. The zero-order valence-corrected chi connectivity index (χ0v) is 22.0. The second-order valence-corrected chi connectivity index (χ2v) is 11.6. The van der Waals surface area contributed by atoms with Crippen LogP contribution in [0.1, 0.15) is 54.4 Å². The maximum atomic E-state index is 13.7. The molecule has 3 aliphatic rings. The Labute approximate surface area is 220 Å². The van der Waals surface area contributed by atoms with Crippen molar-refractivity contribution in [3.05, 3.63) is 77.9 Å². The molecular weight excluding hydrogens is 460 g/mol. The van der Waals surface area contributed by atoms with Gasteiger partial charge in [0.25, 0.3) is 5.91 Å². The first kappa shape index (κ1) is 24.4. The maximum Gasteiger partial charge on any atom is 0.253 e. The summed E-state index contributed by atoms with van der Waals surface area (Å²) < 4.78 is 6.51. The van der Waals surface area contributed by atoms with Crippen LogP contribution in [-0.2, 0) is 10.2 Å². The minimum Gasteiger partial charge on any atom is -0.508 e. The van der Waals surface area contributed by atoms with Crippen molar-refractivity contribution in [1.29, 1.82) is 0 Å². The van der Waals surface area contributed by atoms with Gasteiger partial charge in [0.05, 0.1) is 5.60 Å². The number of aromatic hydroxyl groups is 1. The number of likely N-dealkylation sites (tertiary alicyclic amines) is 1. The fraction of sp³-hybridized carbons (Fsp3) is 0.469. The summed E-state index contributed by atoms with van der Waals surface area (Å²) >= 11 is 0. The van der Waals surface area contributed by atoms with E-state index in [1.807, 2.05) is 61.5 Å². The molecule has 1 amide bonds. The van der Waals surface area contributed by atoms with Gasteiger partial charge >= 0.3 is 0 Å². The summed E-state index contributed by atoms with van der Waals surface area (Å²) in [5.74, 6) is 1.20. The first-order valence-electron chi connectivity index (χ1n) is 13.8. The van der Waals surface area contributed by atoms with Crippen LogP contribution in [0.25, 0.3) is 10.8 Å². The van der Waals surface area contributed by atoms with Crippen molar-refractivity contribution in [2.24, 2.45) is 5.92 Å². The van der Waals surface area contributed by atoms with Crippen LogP contribution in [0.4, 0.5) is 0 Å². The zero-order valence-electron chi connectivity index (χ0n) is 22.0. The van der Waals surface area contributed by atoms with E-state index in [4.69, 9.17) is 4.74 Å². The highest BCUT2D eigenvalue weighted by Gasteiger charge is 2.59. The molecule has 1 aliphatic heterocycles. The number of hydrogen-bond donors (Lipinski definition) is 1. The summed E-state index contributed by atoms with van der Waals surface area (Å²) in [6.07, 6.45) is 6.28. The minimum absolute atomic E-state index is 0.0675. The van der Waals surface area contributed by atoms with Crippen molar-refractivity contribution in [2.75, 3.05) is 33.8 Å². The first-order valence-corrected chi connectivity index (χ1v) is 13.8. The van der Waals surface area contributed by atoms with Gasteiger partial charge in [0.2, 0.25) is 0 Å². The molecule has 3 aromatic carbocycles. The van der Waals surface area contributed by atoms with Gasteiger partial charge in [-0.15, -0.1) is 0 Å². The number of nitrogens with zero attached hydrogens (tertiary/aromatic N) is 2. The van der Waals surface area contributed by atoms with Gasteiger partial charge in [0.15, 0.2) is 0 Å². The van der Waals surface area contributed by atoms with Gasteiger partial charge in [-0.3, -0.25) is 4.79 Å². The molecular formula is C32H38N2O3. The van der Waals surface area contributed by atoms with Crippen molar-refractivity contribution >= 4 is 16.7 Å². The molecule has 0 bridgehead atoms. The van der Waals surface area contributed by atoms with Crippen LogP contribution in [0.15, 0.2) is 66.7 Å². The quantitative estimate of drug-likeness (QED) is 0.480. The predicted molar refractivity (Wildman–Crippen MR) is 147 cm³/mol. The number of phenolic OH excluding ortho intramolecular Hbond substituents is 1. The van der Waals surface area contributed by atoms with Gasteiger partial charge in [-0.2, -0.15) is 0 Å². The molecule has 194 valence electrons. The van der Waals surface area contributed by atoms with Crippen molar-refractivity contribution in [3.63, 3.8) is 0 Å². The molecule has 3 aromatic rings. The summed E-state index contributed by atoms with van der Waals surface area (Å²) in [6, 6.07) is 22.0. The van der Waals surface area contributed by atoms with Crippen molar-refractivity contribution in [3.8, 4) is 5.75 Å². The summed E-state index contributed by atoms with van der Waals surface area (Å²) in [6.45, 7) is 3.09. The molecule has 1 saturated heterocycles. The molecule has 3 fully saturated rings. The third-order valence-corrected chi connectivity index (χ3v) is 9.54. The standard InChI is InChI=1S/C32H38N2O3/c1-33(30(36)26-13-12-24-6-3-4-7-25(24)18-26)28-14-15-32(37-2)22-34(21-23-10-11-23)17-16-31(32,20-28)27-8-5-9-29(35)19-27/h3-9,12-13,18-19,23,28,35H,10-11,14-17,20-22H2,1-2H3/t28-,31-,32-/m0/s1. The van der Waals surface area contributed by atoms with Crippen LogP contribution in [-0.4, -0.2) is 66.2 Å². The van der Waals surface area contributed by atoms with E-state index in [0.29, 0.717) is 5.75 Å². The molecule has 3 atom stereocenters. The van der Waals surface area contributed by atoms with Crippen LogP contribution in [0.5, 0.6) is 5.75 Å². The molecule has 5 heteroatoms. The Bertz CT molecular complexity index is 1300. The number of hydrogen-bond acceptors (Lipinski definition) is 4. The van der Waals surface area contributed by atoms with Crippen LogP contribution in [0.2, 0.25) is 0 Å². The zero-order chi connectivity index (χ0) is 25.6. The molecule has 0 unspecified atom stereocenters. The number of fused-ring (bicyclic) bond motifs is 2. The van der Waals surface area contributed by atoms with Crippen LogP contribution >= 0.6 is 0 Å². The topological polar surface area (TPSA) is 53.0 Å². The number of carbonyl (C=O) groups is 1. The van der Waals surface area contributed by atoms with Gasteiger partial charge in [0, 0.05) is 44.3 Å². The Hall–Kier alpha value is -2.89. The van der Waals surface area contributed by atoms with E-state index in [9.17, 15) is 9.90 Å².